The molecule has 2 saturated heterocycles. The zero-order valence-electron chi connectivity index (χ0n) is 13.0. The smallest absolute Gasteiger partial charge is 0.386 e. The highest BCUT2D eigenvalue weighted by atomic mass is 19.4. The van der Waals surface area contributed by atoms with Gasteiger partial charge in [-0.15, -0.1) is 0 Å². The third-order valence-electron chi connectivity index (χ3n) is 4.13. The van der Waals surface area contributed by atoms with E-state index in [1.165, 1.54) is 0 Å². The zero-order valence-corrected chi connectivity index (χ0v) is 13.0. The number of nitrogens with one attached hydrogen (secondary N) is 3. The molecule has 9 heteroatoms. The third-order valence-corrected chi connectivity index (χ3v) is 4.13. The lowest BCUT2D eigenvalue weighted by atomic mass is 10.1. The second kappa shape index (κ2) is 6.76. The first kappa shape index (κ1) is 16.7. The van der Waals surface area contributed by atoms with Crippen LogP contribution in [-0.4, -0.2) is 48.4 Å². The number of aromatic nitrogens is 2. The Morgan fingerprint density at radius 2 is 2.17 bits per heavy atom. The van der Waals surface area contributed by atoms with Crippen molar-refractivity contribution in [3.8, 4) is 0 Å². The monoisotopic (exact) mass is 340 g/mol. The van der Waals surface area contributed by atoms with Crippen LogP contribution in [0.5, 0.6) is 0 Å². The van der Waals surface area contributed by atoms with Crippen LogP contribution in [0.2, 0.25) is 0 Å². The summed E-state index contributed by atoms with van der Waals surface area (Å²) in [5.74, 6) is 0.0707. The quantitative estimate of drug-likeness (QED) is 0.711. The van der Waals surface area contributed by atoms with Gasteiger partial charge in [0.05, 0.1) is 5.69 Å². The molecule has 2 aliphatic rings. The Hall–Kier alpha value is -2.16. The van der Waals surface area contributed by atoms with Gasteiger partial charge in [0.15, 0.2) is 5.69 Å². The van der Waals surface area contributed by atoms with Gasteiger partial charge in [-0.2, -0.15) is 13.2 Å². The number of rotatable bonds is 5. The number of hydrogen-bond donors (Lipinski definition) is 3. The Morgan fingerprint density at radius 1 is 1.38 bits per heavy atom. The van der Waals surface area contributed by atoms with Gasteiger partial charge in [0.25, 0.3) is 0 Å². The van der Waals surface area contributed by atoms with Gasteiger partial charge in [0.2, 0.25) is 5.95 Å². The van der Waals surface area contributed by atoms with E-state index < -0.39 is 11.9 Å². The lowest BCUT2D eigenvalue weighted by Crippen LogP contribution is -2.38. The second-order valence-corrected chi connectivity index (χ2v) is 5.88. The summed E-state index contributed by atoms with van der Waals surface area (Å²) in [6, 6.07) is 1.10. The molecule has 0 bridgehead atoms. The van der Waals surface area contributed by atoms with Gasteiger partial charge in [-0.1, -0.05) is 0 Å². The molecule has 0 aliphatic carbocycles. The van der Waals surface area contributed by atoms with Crippen LogP contribution in [0.15, 0.2) is 12.3 Å². The largest absolute Gasteiger partial charge is 0.433 e. The van der Waals surface area contributed by atoms with E-state index in [1.54, 1.807) is 11.1 Å². The summed E-state index contributed by atoms with van der Waals surface area (Å²) < 4.78 is 39.4. The Bertz CT molecular complexity index is 633. The molecule has 1 aromatic heterocycles. The predicted molar refractivity (Wildman–Crippen MR) is 85.0 cm³/mol. The molecule has 0 spiro atoms. The summed E-state index contributed by atoms with van der Waals surface area (Å²) in [5, 5.41) is 13.9. The van der Waals surface area contributed by atoms with Crippen LogP contribution in [0.1, 0.15) is 24.2 Å². The van der Waals surface area contributed by atoms with Crippen molar-refractivity contribution in [1.29, 1.82) is 5.41 Å². The predicted octanol–water partition coefficient (Wildman–Crippen LogP) is 1.65. The van der Waals surface area contributed by atoms with Crippen LogP contribution < -0.4 is 15.5 Å². The van der Waals surface area contributed by atoms with Gasteiger partial charge in [-0.05, 0) is 25.5 Å². The Balaban J connectivity index is 1.91. The summed E-state index contributed by atoms with van der Waals surface area (Å²) in [4.78, 5) is 9.57. The Morgan fingerprint density at radius 3 is 2.71 bits per heavy atom. The van der Waals surface area contributed by atoms with Crippen LogP contribution in [-0.2, 0) is 6.18 Å². The molecule has 3 rings (SSSR count). The summed E-state index contributed by atoms with van der Waals surface area (Å²) in [7, 11) is 0. The van der Waals surface area contributed by atoms with Crippen molar-refractivity contribution in [2.24, 2.45) is 0 Å². The molecule has 0 aromatic carbocycles. The van der Waals surface area contributed by atoms with Crippen molar-refractivity contribution >= 4 is 17.7 Å². The van der Waals surface area contributed by atoms with E-state index >= 15 is 0 Å². The molecular weight excluding hydrogens is 321 g/mol. The van der Waals surface area contributed by atoms with Crippen LogP contribution >= 0.6 is 0 Å². The highest BCUT2D eigenvalue weighted by Gasteiger charge is 2.35. The summed E-state index contributed by atoms with van der Waals surface area (Å²) in [6.45, 7) is 2.99. The second-order valence-electron chi connectivity index (χ2n) is 5.88. The van der Waals surface area contributed by atoms with E-state index in [4.69, 9.17) is 5.41 Å². The van der Waals surface area contributed by atoms with Crippen LogP contribution in [0, 0.1) is 5.41 Å². The number of nitrogens with zero attached hydrogens (tertiary/aromatic N) is 3. The highest BCUT2D eigenvalue weighted by molar-refractivity contribution is 6.07. The minimum atomic E-state index is -4.55. The summed E-state index contributed by atoms with van der Waals surface area (Å²) >= 11 is 0. The summed E-state index contributed by atoms with van der Waals surface area (Å²) in [5.41, 5.74) is -0.575. The fraction of sp³-hybridized carbons (Fsp3) is 0.533. The van der Waals surface area contributed by atoms with Crippen LogP contribution in [0.4, 0.5) is 19.1 Å². The van der Waals surface area contributed by atoms with E-state index in [0.717, 1.165) is 38.2 Å². The molecule has 1 aromatic rings. The van der Waals surface area contributed by atoms with Crippen molar-refractivity contribution in [3.05, 3.63) is 23.7 Å². The maximum atomic E-state index is 13.1. The van der Waals surface area contributed by atoms with Gasteiger partial charge in [-0.25, -0.2) is 9.97 Å². The van der Waals surface area contributed by atoms with Gasteiger partial charge in [0.1, 0.15) is 0 Å². The number of alkyl halides is 3. The molecule has 0 amide bonds. The van der Waals surface area contributed by atoms with E-state index in [9.17, 15) is 13.2 Å². The summed E-state index contributed by atoms with van der Waals surface area (Å²) in [6.07, 6.45) is -0.130. The Labute approximate surface area is 137 Å². The first-order valence-electron chi connectivity index (χ1n) is 7.86. The van der Waals surface area contributed by atoms with Gasteiger partial charge in [0, 0.05) is 43.7 Å². The standard InChI is InChI=1S/C15H19F3N6/c16-15(17,18)13-6-12(22-14(23-13)24-4-1-5-24)10(7-19)8-21-11-2-3-20-9-11/h6-8,11,19-21H,1-5,9H2/b10-8+,19-7?. The SMILES string of the molecule is N=C/C(=C\NC1CCNC1)c1cc(C(F)(F)F)nc(N2CCC2)n1. The van der Waals surface area contributed by atoms with E-state index in [2.05, 4.69) is 20.6 Å². The molecular formula is C15H19F3N6. The number of allylic oxidation sites excluding steroid dienone is 1. The molecule has 24 heavy (non-hydrogen) atoms. The molecule has 3 heterocycles. The van der Waals surface area contributed by atoms with Crippen molar-refractivity contribution in [1.82, 2.24) is 20.6 Å². The normalized spacial score (nSPS) is 21.5. The zero-order chi connectivity index (χ0) is 17.2. The molecule has 130 valence electrons. The lowest BCUT2D eigenvalue weighted by Gasteiger charge is -2.31. The maximum absolute atomic E-state index is 13.1. The topological polar surface area (TPSA) is 76.9 Å². The van der Waals surface area contributed by atoms with E-state index in [1.807, 2.05) is 0 Å². The fourth-order valence-electron chi connectivity index (χ4n) is 2.58. The first-order valence-corrected chi connectivity index (χ1v) is 7.86. The molecule has 1 atom stereocenters. The van der Waals surface area contributed by atoms with Crippen molar-refractivity contribution in [2.75, 3.05) is 31.1 Å². The highest BCUT2D eigenvalue weighted by Crippen LogP contribution is 2.31. The van der Waals surface area contributed by atoms with Gasteiger partial charge in [-0.3, -0.25) is 0 Å². The molecule has 0 saturated carbocycles. The van der Waals surface area contributed by atoms with Crippen LogP contribution in [0.3, 0.4) is 0 Å². The minimum Gasteiger partial charge on any atom is -0.386 e. The van der Waals surface area contributed by atoms with Gasteiger partial charge < -0.3 is 20.9 Å². The van der Waals surface area contributed by atoms with E-state index in [0.29, 0.717) is 18.7 Å². The average molecular weight is 340 g/mol. The van der Waals surface area contributed by atoms with Crippen molar-refractivity contribution < 1.29 is 13.2 Å². The third kappa shape index (κ3) is 3.66. The van der Waals surface area contributed by atoms with Crippen molar-refractivity contribution in [3.63, 3.8) is 0 Å². The number of anilines is 1. The first-order chi connectivity index (χ1) is 11.5. The molecule has 2 aliphatic heterocycles. The molecule has 2 fully saturated rings. The number of hydrogen-bond acceptors (Lipinski definition) is 6. The average Bonchev–Trinajstić information content (AvgIpc) is 2.98. The van der Waals surface area contributed by atoms with Crippen LogP contribution in [0.25, 0.3) is 5.57 Å². The van der Waals surface area contributed by atoms with Crippen molar-refractivity contribution in [2.45, 2.75) is 25.1 Å². The Kier molecular flexibility index (Phi) is 4.70. The van der Waals surface area contributed by atoms with E-state index in [-0.39, 0.29) is 17.7 Å². The molecule has 1 unspecified atom stereocenters. The minimum absolute atomic E-state index is 0.0707. The number of halogens is 3. The molecule has 6 nitrogen and oxygen atoms in total. The lowest BCUT2D eigenvalue weighted by molar-refractivity contribution is -0.141. The maximum Gasteiger partial charge on any atom is 0.433 e. The molecule has 3 N–H and O–H groups in total. The molecule has 0 radical (unpaired) electrons. The fourth-order valence-corrected chi connectivity index (χ4v) is 2.58. The van der Waals surface area contributed by atoms with Gasteiger partial charge >= 0.3 is 6.18 Å².